The Morgan fingerprint density at radius 1 is 0.941 bits per heavy atom. The minimum Gasteiger partial charge on any atom is -0.539 e. The van der Waals surface area contributed by atoms with Gasteiger partial charge in [0.05, 0.1) is 0 Å². The quantitative estimate of drug-likeness (QED) is 0.794. The highest BCUT2D eigenvalue weighted by molar-refractivity contribution is 6.17. The van der Waals surface area contributed by atoms with Crippen molar-refractivity contribution in [2.75, 3.05) is 0 Å². The van der Waals surface area contributed by atoms with Gasteiger partial charge in [-0.1, -0.05) is 36.4 Å². The van der Waals surface area contributed by atoms with Gasteiger partial charge in [0, 0.05) is 6.07 Å². The van der Waals surface area contributed by atoms with Crippen molar-refractivity contribution in [1.29, 1.82) is 0 Å². The second-order valence-corrected chi connectivity index (χ2v) is 3.52. The molecule has 0 amide bonds. The molecule has 2 rings (SSSR count). The standard InChI is InChI=1S/C13H13BO3/c15-14-17-13-8-4-7-12(9-13)16-10-11-5-2-1-3-6-11/h1-9,14-15H,10H2. The third-order valence-corrected chi connectivity index (χ3v) is 2.29. The molecule has 2 aromatic carbocycles. The van der Waals surface area contributed by atoms with Gasteiger partial charge in [0.15, 0.2) is 0 Å². The molecule has 0 heterocycles. The van der Waals surface area contributed by atoms with Crippen LogP contribution < -0.4 is 9.39 Å². The summed E-state index contributed by atoms with van der Waals surface area (Å²) in [5.74, 6) is 1.32. The summed E-state index contributed by atoms with van der Waals surface area (Å²) in [5.41, 5.74) is 1.11. The summed E-state index contributed by atoms with van der Waals surface area (Å²) < 4.78 is 10.6. The van der Waals surface area contributed by atoms with Crippen molar-refractivity contribution in [3.8, 4) is 11.5 Å². The molecular formula is C13H13BO3. The van der Waals surface area contributed by atoms with Gasteiger partial charge in [0.25, 0.3) is 0 Å². The molecule has 17 heavy (non-hydrogen) atoms. The maximum absolute atomic E-state index is 8.66. The van der Waals surface area contributed by atoms with E-state index in [1.54, 1.807) is 12.1 Å². The van der Waals surface area contributed by atoms with Crippen LogP contribution in [0.2, 0.25) is 0 Å². The van der Waals surface area contributed by atoms with Crippen LogP contribution in [0.5, 0.6) is 11.5 Å². The molecule has 0 radical (unpaired) electrons. The maximum Gasteiger partial charge on any atom is 0.504 e. The molecule has 0 aliphatic rings. The van der Waals surface area contributed by atoms with Crippen LogP contribution in [0.3, 0.4) is 0 Å². The molecule has 0 bridgehead atoms. The van der Waals surface area contributed by atoms with Gasteiger partial charge < -0.3 is 14.4 Å². The Balaban J connectivity index is 1.97. The lowest BCUT2D eigenvalue weighted by atomic mass is 10.2. The summed E-state index contributed by atoms with van der Waals surface area (Å²) in [5, 5.41) is 8.66. The van der Waals surface area contributed by atoms with Crippen molar-refractivity contribution in [1.82, 2.24) is 0 Å². The predicted molar refractivity (Wildman–Crippen MR) is 67.2 cm³/mol. The monoisotopic (exact) mass is 228 g/mol. The predicted octanol–water partition coefficient (Wildman–Crippen LogP) is 1.90. The van der Waals surface area contributed by atoms with Crippen molar-refractivity contribution in [3.05, 3.63) is 60.2 Å². The van der Waals surface area contributed by atoms with E-state index in [1.807, 2.05) is 42.5 Å². The average Bonchev–Trinajstić information content (AvgIpc) is 2.39. The van der Waals surface area contributed by atoms with Crippen LogP contribution >= 0.6 is 0 Å². The first kappa shape index (κ1) is 11.5. The fourth-order valence-electron chi connectivity index (χ4n) is 1.47. The Kier molecular flexibility index (Phi) is 4.05. The summed E-state index contributed by atoms with van der Waals surface area (Å²) in [7, 11) is -0.331. The topological polar surface area (TPSA) is 38.7 Å². The fourth-order valence-corrected chi connectivity index (χ4v) is 1.47. The molecule has 0 aromatic heterocycles. The lowest BCUT2D eigenvalue weighted by Crippen LogP contribution is -2.00. The van der Waals surface area contributed by atoms with E-state index in [2.05, 4.69) is 0 Å². The molecule has 0 atom stereocenters. The Hall–Kier alpha value is -1.94. The zero-order valence-corrected chi connectivity index (χ0v) is 9.37. The van der Waals surface area contributed by atoms with Crippen LogP contribution in [0.1, 0.15) is 5.56 Å². The minimum atomic E-state index is -0.331. The van der Waals surface area contributed by atoms with Crippen LogP contribution in [0, 0.1) is 0 Å². The number of rotatable bonds is 5. The van der Waals surface area contributed by atoms with Crippen molar-refractivity contribution in [2.45, 2.75) is 6.61 Å². The summed E-state index contributed by atoms with van der Waals surface area (Å²) in [4.78, 5) is 0. The molecule has 0 aliphatic heterocycles. The number of ether oxygens (including phenoxy) is 1. The van der Waals surface area contributed by atoms with Crippen molar-refractivity contribution < 1.29 is 14.4 Å². The van der Waals surface area contributed by atoms with Crippen molar-refractivity contribution >= 4 is 7.69 Å². The summed E-state index contributed by atoms with van der Waals surface area (Å²) in [6.07, 6.45) is 0. The molecule has 86 valence electrons. The zero-order valence-electron chi connectivity index (χ0n) is 9.37. The first-order valence-electron chi connectivity index (χ1n) is 5.39. The molecule has 4 heteroatoms. The van der Waals surface area contributed by atoms with E-state index < -0.39 is 0 Å². The molecule has 1 N–H and O–H groups in total. The number of hydrogen-bond acceptors (Lipinski definition) is 3. The van der Waals surface area contributed by atoms with E-state index in [0.717, 1.165) is 11.3 Å². The summed E-state index contributed by atoms with van der Waals surface area (Å²) in [6, 6.07) is 17.1. The molecule has 0 saturated carbocycles. The van der Waals surface area contributed by atoms with Crippen molar-refractivity contribution in [2.24, 2.45) is 0 Å². The normalized spacial score (nSPS) is 9.71. The highest BCUT2D eigenvalue weighted by Crippen LogP contribution is 2.19. The zero-order chi connectivity index (χ0) is 11.9. The average molecular weight is 228 g/mol. The first-order chi connectivity index (χ1) is 8.38. The Labute approximate surface area is 101 Å². The van der Waals surface area contributed by atoms with Gasteiger partial charge in [-0.25, -0.2) is 0 Å². The maximum atomic E-state index is 8.66. The molecule has 2 aromatic rings. The van der Waals surface area contributed by atoms with Crippen molar-refractivity contribution in [3.63, 3.8) is 0 Å². The van der Waals surface area contributed by atoms with Crippen LogP contribution in [-0.2, 0) is 6.61 Å². The van der Waals surface area contributed by atoms with E-state index in [-0.39, 0.29) is 7.69 Å². The molecule has 0 fully saturated rings. The van der Waals surface area contributed by atoms with Crippen LogP contribution in [0.15, 0.2) is 54.6 Å². The van der Waals surface area contributed by atoms with Gasteiger partial charge in [0.2, 0.25) is 0 Å². The molecule has 0 unspecified atom stereocenters. The van der Waals surface area contributed by atoms with E-state index >= 15 is 0 Å². The Morgan fingerprint density at radius 3 is 2.47 bits per heavy atom. The smallest absolute Gasteiger partial charge is 0.504 e. The largest absolute Gasteiger partial charge is 0.539 e. The van der Waals surface area contributed by atoms with E-state index in [1.165, 1.54) is 0 Å². The highest BCUT2D eigenvalue weighted by Gasteiger charge is 1.98. The molecule has 3 nitrogen and oxygen atoms in total. The Morgan fingerprint density at radius 2 is 1.71 bits per heavy atom. The van der Waals surface area contributed by atoms with E-state index in [0.29, 0.717) is 12.4 Å². The van der Waals surface area contributed by atoms with E-state index in [4.69, 9.17) is 14.4 Å². The fraction of sp³-hybridized carbons (Fsp3) is 0.0769. The van der Waals surface area contributed by atoms with Gasteiger partial charge in [-0.15, -0.1) is 0 Å². The second kappa shape index (κ2) is 5.96. The Bertz CT molecular complexity index is 459. The van der Waals surface area contributed by atoms with Crippen LogP contribution in [0.25, 0.3) is 0 Å². The number of benzene rings is 2. The lowest BCUT2D eigenvalue weighted by molar-refractivity contribution is 0.305. The highest BCUT2D eigenvalue weighted by atomic mass is 16.5. The molecule has 0 aliphatic carbocycles. The third-order valence-electron chi connectivity index (χ3n) is 2.29. The van der Waals surface area contributed by atoms with Gasteiger partial charge in [-0.3, -0.25) is 0 Å². The van der Waals surface area contributed by atoms with Crippen LogP contribution in [-0.4, -0.2) is 12.7 Å². The van der Waals surface area contributed by atoms with E-state index in [9.17, 15) is 0 Å². The van der Waals surface area contributed by atoms with Crippen LogP contribution in [0.4, 0.5) is 0 Å². The molecule has 0 spiro atoms. The number of hydrogen-bond donors (Lipinski definition) is 1. The van der Waals surface area contributed by atoms with Gasteiger partial charge in [-0.2, -0.15) is 0 Å². The molecule has 0 saturated heterocycles. The minimum absolute atomic E-state index is 0.331. The van der Waals surface area contributed by atoms with Gasteiger partial charge >= 0.3 is 7.69 Å². The summed E-state index contributed by atoms with van der Waals surface area (Å²) in [6.45, 7) is 0.517. The first-order valence-corrected chi connectivity index (χ1v) is 5.39. The molecular weight excluding hydrogens is 215 g/mol. The van der Waals surface area contributed by atoms with Gasteiger partial charge in [0.1, 0.15) is 18.1 Å². The lowest BCUT2D eigenvalue weighted by Gasteiger charge is -2.08. The second-order valence-electron chi connectivity index (χ2n) is 3.52. The third kappa shape index (κ3) is 3.54. The summed E-state index contributed by atoms with van der Waals surface area (Å²) >= 11 is 0. The SMILES string of the molecule is OBOc1cccc(OCc2ccccc2)c1. The van der Waals surface area contributed by atoms with Gasteiger partial charge in [-0.05, 0) is 17.7 Å².